The summed E-state index contributed by atoms with van der Waals surface area (Å²) < 4.78 is 47.3. The standard InChI is InChI=1S/C21H23F3N4O2/c1-20(2,3)16-12-18-25-14(11-17(21(22,23)24)28(18)26-16)13-6-8-27(9-7-13)19(29)15-5-4-10-30-15/h4-5,10-13H,6-9H2,1-3H3. The van der Waals surface area contributed by atoms with E-state index in [4.69, 9.17) is 4.42 Å². The van der Waals surface area contributed by atoms with Crippen LogP contribution in [0.15, 0.2) is 34.9 Å². The first-order valence-corrected chi connectivity index (χ1v) is 9.85. The second-order valence-electron chi connectivity index (χ2n) is 8.66. The van der Waals surface area contributed by atoms with E-state index in [9.17, 15) is 18.0 Å². The Balaban J connectivity index is 1.62. The summed E-state index contributed by atoms with van der Waals surface area (Å²) in [6, 6.07) is 5.97. The summed E-state index contributed by atoms with van der Waals surface area (Å²) in [6.07, 6.45) is -2.04. The summed E-state index contributed by atoms with van der Waals surface area (Å²) in [4.78, 5) is 18.6. The van der Waals surface area contributed by atoms with Gasteiger partial charge in [0.25, 0.3) is 5.91 Å². The highest BCUT2D eigenvalue weighted by Crippen LogP contribution is 2.35. The molecule has 3 aromatic heterocycles. The topological polar surface area (TPSA) is 63.6 Å². The van der Waals surface area contributed by atoms with Crippen molar-refractivity contribution in [2.24, 2.45) is 0 Å². The van der Waals surface area contributed by atoms with E-state index in [1.165, 1.54) is 6.26 Å². The average molecular weight is 420 g/mol. The number of furan rings is 1. The van der Waals surface area contributed by atoms with E-state index in [0.29, 0.717) is 37.3 Å². The molecule has 4 rings (SSSR count). The van der Waals surface area contributed by atoms with E-state index in [0.717, 1.165) is 10.6 Å². The van der Waals surface area contributed by atoms with Gasteiger partial charge in [0.15, 0.2) is 11.4 Å². The molecule has 9 heteroatoms. The number of carbonyl (C=O) groups excluding carboxylic acids is 1. The zero-order valence-corrected chi connectivity index (χ0v) is 17.0. The van der Waals surface area contributed by atoms with Crippen LogP contribution in [0.25, 0.3) is 5.65 Å². The molecule has 1 amide bonds. The van der Waals surface area contributed by atoms with Crippen LogP contribution in [-0.4, -0.2) is 38.5 Å². The largest absolute Gasteiger partial charge is 0.459 e. The van der Waals surface area contributed by atoms with Crippen molar-refractivity contribution >= 4 is 11.6 Å². The molecule has 6 nitrogen and oxygen atoms in total. The summed E-state index contributed by atoms with van der Waals surface area (Å²) in [5.41, 5.74) is -0.0865. The van der Waals surface area contributed by atoms with Crippen LogP contribution in [0.3, 0.4) is 0 Å². The molecule has 0 bridgehead atoms. The van der Waals surface area contributed by atoms with Gasteiger partial charge in [-0.15, -0.1) is 0 Å². The lowest BCUT2D eigenvalue weighted by Crippen LogP contribution is -2.38. The van der Waals surface area contributed by atoms with Crippen LogP contribution >= 0.6 is 0 Å². The molecule has 0 unspecified atom stereocenters. The Hall–Kier alpha value is -2.84. The molecule has 0 saturated carbocycles. The van der Waals surface area contributed by atoms with Gasteiger partial charge in [0.1, 0.15) is 5.69 Å². The number of alkyl halides is 3. The van der Waals surface area contributed by atoms with Gasteiger partial charge in [-0.25, -0.2) is 9.50 Å². The first kappa shape index (κ1) is 20.4. The zero-order valence-electron chi connectivity index (χ0n) is 17.0. The molecule has 0 aromatic carbocycles. The first-order chi connectivity index (χ1) is 14.0. The van der Waals surface area contributed by atoms with Crippen molar-refractivity contribution in [3.8, 4) is 0 Å². The smallest absolute Gasteiger partial charge is 0.433 e. The molecule has 160 valence electrons. The molecule has 3 aromatic rings. The Kier molecular flexibility index (Phi) is 4.86. The van der Waals surface area contributed by atoms with Crippen molar-refractivity contribution < 1.29 is 22.4 Å². The Morgan fingerprint density at radius 2 is 1.87 bits per heavy atom. The number of aromatic nitrogens is 3. The SMILES string of the molecule is CC(C)(C)c1cc2nc(C3CCN(C(=O)c4ccco4)CC3)cc(C(F)(F)F)n2n1. The number of hydrogen-bond donors (Lipinski definition) is 0. The lowest BCUT2D eigenvalue weighted by Gasteiger charge is -2.31. The van der Waals surface area contributed by atoms with E-state index in [1.807, 2.05) is 20.8 Å². The van der Waals surface area contributed by atoms with E-state index in [1.54, 1.807) is 23.1 Å². The maximum Gasteiger partial charge on any atom is 0.433 e. The van der Waals surface area contributed by atoms with Gasteiger partial charge >= 0.3 is 6.18 Å². The molecule has 1 aliphatic rings. The third-order valence-corrected chi connectivity index (χ3v) is 5.44. The van der Waals surface area contributed by atoms with Crippen LogP contribution in [0.1, 0.15) is 67.2 Å². The zero-order chi connectivity index (χ0) is 21.7. The van der Waals surface area contributed by atoms with Crippen molar-refractivity contribution in [3.63, 3.8) is 0 Å². The highest BCUT2D eigenvalue weighted by atomic mass is 19.4. The summed E-state index contributed by atoms with van der Waals surface area (Å²) >= 11 is 0. The van der Waals surface area contributed by atoms with Gasteiger partial charge in [-0.1, -0.05) is 20.8 Å². The Morgan fingerprint density at radius 1 is 1.17 bits per heavy atom. The molecule has 0 N–H and O–H groups in total. The lowest BCUT2D eigenvalue weighted by atomic mass is 9.92. The number of piperidine rings is 1. The summed E-state index contributed by atoms with van der Waals surface area (Å²) in [5, 5.41) is 4.17. The molecule has 1 saturated heterocycles. The summed E-state index contributed by atoms with van der Waals surface area (Å²) in [6.45, 7) is 6.56. The van der Waals surface area contributed by atoms with Crippen LogP contribution in [0.2, 0.25) is 0 Å². The Morgan fingerprint density at radius 3 is 2.43 bits per heavy atom. The van der Waals surface area contributed by atoms with Gasteiger partial charge < -0.3 is 9.32 Å². The highest BCUT2D eigenvalue weighted by molar-refractivity contribution is 5.91. The predicted octanol–water partition coefficient (Wildman–Crippen LogP) is 4.66. The molecule has 1 aliphatic heterocycles. The number of nitrogens with zero attached hydrogens (tertiary/aromatic N) is 4. The Labute approximate surface area is 171 Å². The van der Waals surface area contributed by atoms with E-state index >= 15 is 0 Å². The van der Waals surface area contributed by atoms with Gasteiger partial charge in [0.05, 0.1) is 12.0 Å². The van der Waals surface area contributed by atoms with Crippen molar-refractivity contribution in [1.82, 2.24) is 19.5 Å². The second-order valence-corrected chi connectivity index (χ2v) is 8.66. The summed E-state index contributed by atoms with van der Waals surface area (Å²) in [7, 11) is 0. The summed E-state index contributed by atoms with van der Waals surface area (Å²) in [5.74, 6) is -0.102. The van der Waals surface area contributed by atoms with Crippen LogP contribution in [0, 0.1) is 0 Å². The van der Waals surface area contributed by atoms with Crippen molar-refractivity contribution in [2.75, 3.05) is 13.1 Å². The van der Waals surface area contributed by atoms with Gasteiger partial charge in [0.2, 0.25) is 0 Å². The number of carbonyl (C=O) groups is 1. The van der Waals surface area contributed by atoms with Gasteiger partial charge in [-0.2, -0.15) is 18.3 Å². The molecule has 0 aliphatic carbocycles. The van der Waals surface area contributed by atoms with Crippen LogP contribution < -0.4 is 0 Å². The number of hydrogen-bond acceptors (Lipinski definition) is 4. The van der Waals surface area contributed by atoms with E-state index in [2.05, 4.69) is 10.1 Å². The van der Waals surface area contributed by atoms with Crippen molar-refractivity contribution in [3.05, 3.63) is 53.4 Å². The number of halogens is 3. The third kappa shape index (κ3) is 3.80. The van der Waals surface area contributed by atoms with Crippen LogP contribution in [-0.2, 0) is 11.6 Å². The highest BCUT2D eigenvalue weighted by Gasteiger charge is 2.37. The monoisotopic (exact) mass is 420 g/mol. The number of amides is 1. The van der Waals surface area contributed by atoms with Gasteiger partial charge in [-0.05, 0) is 31.0 Å². The first-order valence-electron chi connectivity index (χ1n) is 9.85. The average Bonchev–Trinajstić information content (AvgIpc) is 3.35. The number of rotatable bonds is 2. The number of fused-ring (bicyclic) bond motifs is 1. The molecule has 0 spiro atoms. The Bertz CT molecular complexity index is 1060. The molecule has 4 heterocycles. The van der Waals surface area contributed by atoms with Gasteiger partial charge in [0, 0.05) is 36.2 Å². The lowest BCUT2D eigenvalue weighted by molar-refractivity contribution is -0.142. The minimum Gasteiger partial charge on any atom is -0.459 e. The molecule has 1 fully saturated rings. The van der Waals surface area contributed by atoms with Gasteiger partial charge in [-0.3, -0.25) is 4.79 Å². The van der Waals surface area contributed by atoms with E-state index in [-0.39, 0.29) is 23.2 Å². The fourth-order valence-electron chi connectivity index (χ4n) is 3.71. The normalized spacial score (nSPS) is 16.4. The predicted molar refractivity (Wildman–Crippen MR) is 103 cm³/mol. The van der Waals surface area contributed by atoms with Crippen molar-refractivity contribution in [2.45, 2.75) is 51.1 Å². The van der Waals surface area contributed by atoms with Crippen LogP contribution in [0.5, 0.6) is 0 Å². The molecule has 30 heavy (non-hydrogen) atoms. The van der Waals surface area contributed by atoms with Crippen LogP contribution in [0.4, 0.5) is 13.2 Å². The molecular weight excluding hydrogens is 397 g/mol. The maximum atomic E-state index is 13.7. The number of likely N-dealkylation sites (tertiary alicyclic amines) is 1. The van der Waals surface area contributed by atoms with Crippen molar-refractivity contribution in [1.29, 1.82) is 0 Å². The fraction of sp³-hybridized carbons (Fsp3) is 0.476. The quantitative estimate of drug-likeness (QED) is 0.605. The fourth-order valence-corrected chi connectivity index (χ4v) is 3.71. The minimum absolute atomic E-state index is 0.162. The minimum atomic E-state index is -4.55. The molecule has 0 radical (unpaired) electrons. The third-order valence-electron chi connectivity index (χ3n) is 5.44. The molecule has 0 atom stereocenters. The molecular formula is C21H23F3N4O2. The maximum absolute atomic E-state index is 13.7. The second kappa shape index (κ2) is 7.14. The van der Waals surface area contributed by atoms with E-state index < -0.39 is 17.3 Å².